The van der Waals surface area contributed by atoms with Crippen molar-refractivity contribution in [2.75, 3.05) is 33.8 Å². The number of nitrogens with zero attached hydrogens (tertiary/aromatic N) is 2. The van der Waals surface area contributed by atoms with Gasteiger partial charge in [0.1, 0.15) is 11.4 Å². The molecular weight excluding hydrogens is 459 g/mol. The summed E-state index contributed by atoms with van der Waals surface area (Å²) in [4.78, 5) is 27.1. The second kappa shape index (κ2) is 11.2. The molecule has 0 unspecified atom stereocenters. The van der Waals surface area contributed by atoms with Crippen LogP contribution in [0.25, 0.3) is 0 Å². The van der Waals surface area contributed by atoms with E-state index in [9.17, 15) is 9.59 Å². The molecule has 0 aliphatic heterocycles. The van der Waals surface area contributed by atoms with Crippen LogP contribution in [0.5, 0.6) is 5.75 Å². The minimum atomic E-state index is -0.573. The van der Waals surface area contributed by atoms with Crippen LogP contribution in [0.4, 0.5) is 4.79 Å². The van der Waals surface area contributed by atoms with Crippen molar-refractivity contribution in [1.82, 2.24) is 9.80 Å². The van der Waals surface area contributed by atoms with Gasteiger partial charge in [-0.2, -0.15) is 0 Å². The first-order valence-corrected chi connectivity index (χ1v) is 9.90. The third kappa shape index (κ3) is 10.2. The molecule has 2 amide bonds. The standard InChI is InChI=1S/C20H29IN2O4/c1-20(2,3)27-19(25)23(13-6-8-18(24)22(4)5)14-7-15-26-17-11-9-16(21)10-12-17/h6,8-12H,7,13-15H2,1-5H3/b8-6+. The lowest BCUT2D eigenvalue weighted by Crippen LogP contribution is -2.38. The highest BCUT2D eigenvalue weighted by Crippen LogP contribution is 2.14. The van der Waals surface area contributed by atoms with Gasteiger partial charge in [0.2, 0.25) is 5.91 Å². The normalized spacial score (nSPS) is 11.3. The van der Waals surface area contributed by atoms with Crippen LogP contribution in [0.3, 0.4) is 0 Å². The van der Waals surface area contributed by atoms with Crippen molar-refractivity contribution in [3.05, 3.63) is 40.0 Å². The van der Waals surface area contributed by atoms with Gasteiger partial charge in [-0.25, -0.2) is 4.79 Å². The summed E-state index contributed by atoms with van der Waals surface area (Å²) in [7, 11) is 3.36. The van der Waals surface area contributed by atoms with E-state index in [0.29, 0.717) is 26.1 Å². The van der Waals surface area contributed by atoms with Crippen molar-refractivity contribution in [3.63, 3.8) is 0 Å². The summed E-state index contributed by atoms with van der Waals surface area (Å²) in [5.41, 5.74) is -0.573. The van der Waals surface area contributed by atoms with Crippen molar-refractivity contribution < 1.29 is 19.1 Å². The van der Waals surface area contributed by atoms with Gasteiger partial charge in [0.05, 0.1) is 6.61 Å². The lowest BCUT2D eigenvalue weighted by molar-refractivity contribution is -0.123. The van der Waals surface area contributed by atoms with Gasteiger partial charge in [-0.3, -0.25) is 4.79 Å². The first-order chi connectivity index (χ1) is 12.6. The van der Waals surface area contributed by atoms with Gasteiger partial charge in [-0.1, -0.05) is 6.08 Å². The monoisotopic (exact) mass is 488 g/mol. The largest absolute Gasteiger partial charge is 0.494 e. The second-order valence-electron chi connectivity index (χ2n) is 7.22. The second-order valence-corrected chi connectivity index (χ2v) is 8.46. The highest BCUT2D eigenvalue weighted by atomic mass is 127. The number of carbonyl (C=O) groups is 2. The van der Waals surface area contributed by atoms with E-state index in [0.717, 1.165) is 9.32 Å². The Morgan fingerprint density at radius 2 is 1.78 bits per heavy atom. The molecule has 7 heteroatoms. The topological polar surface area (TPSA) is 59.1 Å². The summed E-state index contributed by atoms with van der Waals surface area (Å²) in [5.74, 6) is 0.678. The number of carbonyl (C=O) groups excluding carboxylic acids is 2. The predicted octanol–water partition coefficient (Wildman–Crippen LogP) is 3.94. The molecule has 0 saturated heterocycles. The molecule has 0 radical (unpaired) electrons. The summed E-state index contributed by atoms with van der Waals surface area (Å²) in [6, 6.07) is 7.80. The Balaban J connectivity index is 2.57. The maximum atomic E-state index is 12.4. The Hall–Kier alpha value is -1.77. The van der Waals surface area contributed by atoms with Crippen LogP contribution in [0.2, 0.25) is 0 Å². The van der Waals surface area contributed by atoms with Gasteiger partial charge >= 0.3 is 6.09 Å². The molecule has 0 atom stereocenters. The Bertz CT molecular complexity index is 636. The molecule has 0 spiro atoms. The van der Waals surface area contributed by atoms with Crippen LogP contribution in [-0.2, 0) is 9.53 Å². The third-order valence-corrected chi connectivity index (χ3v) is 4.05. The highest BCUT2D eigenvalue weighted by molar-refractivity contribution is 14.1. The zero-order valence-electron chi connectivity index (χ0n) is 16.7. The molecule has 0 aliphatic carbocycles. The van der Waals surface area contributed by atoms with Crippen molar-refractivity contribution in [1.29, 1.82) is 0 Å². The van der Waals surface area contributed by atoms with Crippen LogP contribution < -0.4 is 4.74 Å². The summed E-state index contributed by atoms with van der Waals surface area (Å²) in [6.07, 6.45) is 3.38. The molecule has 1 aromatic carbocycles. The average molecular weight is 488 g/mol. The van der Waals surface area contributed by atoms with Gasteiger partial charge in [0, 0.05) is 36.8 Å². The third-order valence-electron chi connectivity index (χ3n) is 3.33. The van der Waals surface area contributed by atoms with Crippen LogP contribution >= 0.6 is 22.6 Å². The molecule has 0 aliphatic rings. The fourth-order valence-corrected chi connectivity index (χ4v) is 2.35. The van der Waals surface area contributed by atoms with Crippen LogP contribution in [0.1, 0.15) is 27.2 Å². The zero-order chi connectivity index (χ0) is 20.4. The van der Waals surface area contributed by atoms with Gasteiger partial charge in [0.25, 0.3) is 0 Å². The molecule has 27 heavy (non-hydrogen) atoms. The molecule has 0 bridgehead atoms. The van der Waals surface area contributed by atoms with Gasteiger partial charge in [0.15, 0.2) is 0 Å². The number of amides is 2. The quantitative estimate of drug-likeness (QED) is 0.316. The van der Waals surface area contributed by atoms with E-state index in [1.165, 1.54) is 11.0 Å². The number of benzene rings is 1. The van der Waals surface area contributed by atoms with Crippen LogP contribution in [-0.4, -0.2) is 61.2 Å². The number of ether oxygens (including phenoxy) is 2. The Kier molecular flexibility index (Phi) is 9.62. The van der Waals surface area contributed by atoms with Crippen molar-refractivity contribution in [2.45, 2.75) is 32.8 Å². The Morgan fingerprint density at radius 3 is 2.33 bits per heavy atom. The average Bonchev–Trinajstić information content (AvgIpc) is 2.56. The van der Waals surface area contributed by atoms with E-state index >= 15 is 0 Å². The van der Waals surface area contributed by atoms with E-state index < -0.39 is 11.7 Å². The van der Waals surface area contributed by atoms with Gasteiger partial charge < -0.3 is 19.3 Å². The van der Waals surface area contributed by atoms with Crippen molar-refractivity contribution >= 4 is 34.6 Å². The maximum absolute atomic E-state index is 12.4. The molecule has 150 valence electrons. The SMILES string of the molecule is CN(C)C(=O)/C=C/CN(CCCOc1ccc(I)cc1)C(=O)OC(C)(C)C. The first kappa shape index (κ1) is 23.3. The molecule has 0 fully saturated rings. The summed E-state index contributed by atoms with van der Waals surface area (Å²) >= 11 is 2.24. The number of hydrogen-bond donors (Lipinski definition) is 0. The first-order valence-electron chi connectivity index (χ1n) is 8.82. The Labute approximate surface area is 175 Å². The molecule has 1 aromatic rings. The predicted molar refractivity (Wildman–Crippen MR) is 115 cm³/mol. The zero-order valence-corrected chi connectivity index (χ0v) is 18.9. The number of rotatable bonds is 8. The van der Waals surface area contributed by atoms with E-state index in [4.69, 9.17) is 9.47 Å². The molecule has 1 rings (SSSR count). The van der Waals surface area contributed by atoms with E-state index in [-0.39, 0.29) is 5.91 Å². The molecule has 0 aromatic heterocycles. The highest BCUT2D eigenvalue weighted by Gasteiger charge is 2.21. The van der Waals surface area contributed by atoms with Crippen LogP contribution in [0, 0.1) is 3.57 Å². The maximum Gasteiger partial charge on any atom is 0.410 e. The summed E-state index contributed by atoms with van der Waals surface area (Å²) in [5, 5.41) is 0. The van der Waals surface area contributed by atoms with Crippen LogP contribution in [0.15, 0.2) is 36.4 Å². The Morgan fingerprint density at radius 1 is 1.15 bits per heavy atom. The molecular formula is C20H29IN2O4. The number of likely N-dealkylation sites (N-methyl/N-ethyl adjacent to an activating group) is 1. The smallest absolute Gasteiger partial charge is 0.410 e. The van der Waals surface area contributed by atoms with Crippen molar-refractivity contribution in [2.24, 2.45) is 0 Å². The van der Waals surface area contributed by atoms with E-state index in [1.54, 1.807) is 25.1 Å². The lowest BCUT2D eigenvalue weighted by atomic mass is 10.2. The van der Waals surface area contributed by atoms with Gasteiger partial charge in [-0.15, -0.1) is 0 Å². The molecule has 0 heterocycles. The van der Waals surface area contributed by atoms with Gasteiger partial charge in [-0.05, 0) is 74.0 Å². The fourth-order valence-electron chi connectivity index (χ4n) is 1.99. The van der Waals surface area contributed by atoms with Crippen molar-refractivity contribution in [3.8, 4) is 5.75 Å². The van der Waals surface area contributed by atoms with E-state index in [1.807, 2.05) is 45.0 Å². The number of halogens is 1. The van der Waals surface area contributed by atoms with E-state index in [2.05, 4.69) is 22.6 Å². The molecule has 0 N–H and O–H groups in total. The number of hydrogen-bond acceptors (Lipinski definition) is 4. The minimum Gasteiger partial charge on any atom is -0.494 e. The molecule has 0 saturated carbocycles. The molecule has 6 nitrogen and oxygen atoms in total. The summed E-state index contributed by atoms with van der Waals surface area (Å²) in [6.45, 7) is 6.75. The minimum absolute atomic E-state index is 0.124. The fraction of sp³-hybridized carbons (Fsp3) is 0.500. The summed E-state index contributed by atoms with van der Waals surface area (Å²) < 4.78 is 12.3. The lowest BCUT2D eigenvalue weighted by Gasteiger charge is -2.26.